The molecule has 2 aliphatic heterocycles. The van der Waals surface area contributed by atoms with Crippen LogP contribution in [-0.2, 0) is 9.59 Å². The molecule has 28 heavy (non-hydrogen) atoms. The van der Waals surface area contributed by atoms with Crippen molar-refractivity contribution < 1.29 is 14.7 Å². The number of rotatable bonds is 7. The summed E-state index contributed by atoms with van der Waals surface area (Å²) in [5.74, 6) is 2.56. The average molecular weight is 390 g/mol. The van der Waals surface area contributed by atoms with E-state index in [1.807, 2.05) is 4.90 Å². The highest BCUT2D eigenvalue weighted by atomic mass is 16.3. The Kier molecular flexibility index (Phi) is 4.70. The van der Waals surface area contributed by atoms with Gasteiger partial charge in [-0.05, 0) is 70.4 Å². The van der Waals surface area contributed by atoms with Gasteiger partial charge in [0.1, 0.15) is 0 Å². The van der Waals surface area contributed by atoms with Crippen molar-refractivity contribution in [3.63, 3.8) is 0 Å². The maximum Gasteiger partial charge on any atom is 0.225 e. The van der Waals surface area contributed by atoms with Gasteiger partial charge in [0, 0.05) is 43.4 Å². The van der Waals surface area contributed by atoms with Gasteiger partial charge in [0.05, 0.1) is 12.0 Å². The average Bonchev–Trinajstić information content (AvgIpc) is 3.55. The number of piperidine rings is 2. The third-order valence-electron chi connectivity index (χ3n) is 7.99. The molecule has 5 aliphatic rings. The van der Waals surface area contributed by atoms with Crippen LogP contribution in [-0.4, -0.2) is 71.1 Å². The summed E-state index contributed by atoms with van der Waals surface area (Å²) in [5, 5.41) is 13.7. The second-order valence-corrected chi connectivity index (χ2v) is 10.5. The molecular weight excluding hydrogens is 354 g/mol. The minimum Gasteiger partial charge on any atom is -0.389 e. The van der Waals surface area contributed by atoms with Crippen LogP contribution in [0.5, 0.6) is 0 Å². The van der Waals surface area contributed by atoms with Gasteiger partial charge in [0.25, 0.3) is 0 Å². The van der Waals surface area contributed by atoms with Crippen molar-refractivity contribution in [2.24, 2.45) is 29.6 Å². The van der Waals surface area contributed by atoms with Crippen LogP contribution in [0.15, 0.2) is 0 Å². The number of fused-ring (bicyclic) bond motifs is 1. The standard InChI is InChI=1S/C22H35N3O3/c1-22(28,16-4-5-16)10-19(26)25-12-17-18(13-25)20(17)23-21(27)15-6-8-24(9-7-15)11-14-2-3-14/h14-18,20,28H,2-13H2,1H3,(H,23,27)/t17-,18+,20?,22?. The smallest absolute Gasteiger partial charge is 0.225 e. The van der Waals surface area contributed by atoms with E-state index in [0.717, 1.165) is 57.8 Å². The summed E-state index contributed by atoms with van der Waals surface area (Å²) in [5.41, 5.74) is -0.841. The number of carbonyl (C=O) groups excluding carboxylic acids is 2. The zero-order chi connectivity index (χ0) is 19.5. The molecule has 2 heterocycles. The van der Waals surface area contributed by atoms with Crippen molar-refractivity contribution in [1.29, 1.82) is 0 Å². The second-order valence-electron chi connectivity index (χ2n) is 10.5. The number of nitrogens with one attached hydrogen (secondary N) is 1. The Balaban J connectivity index is 1.03. The summed E-state index contributed by atoms with van der Waals surface area (Å²) >= 11 is 0. The lowest BCUT2D eigenvalue weighted by Crippen LogP contribution is -2.44. The van der Waals surface area contributed by atoms with Gasteiger partial charge >= 0.3 is 0 Å². The Morgan fingerprint density at radius 3 is 2.25 bits per heavy atom. The van der Waals surface area contributed by atoms with Gasteiger partial charge in [-0.3, -0.25) is 9.59 Å². The highest BCUT2D eigenvalue weighted by Crippen LogP contribution is 2.47. The van der Waals surface area contributed by atoms with Gasteiger partial charge < -0.3 is 20.2 Å². The molecule has 0 aromatic carbocycles. The summed E-state index contributed by atoms with van der Waals surface area (Å²) in [6, 6.07) is 0.269. The Labute approximate surface area is 168 Å². The maximum absolute atomic E-state index is 12.7. The Morgan fingerprint density at radius 2 is 1.68 bits per heavy atom. The van der Waals surface area contributed by atoms with Crippen molar-refractivity contribution in [2.45, 2.75) is 63.5 Å². The lowest BCUT2D eigenvalue weighted by molar-refractivity contribution is -0.136. The van der Waals surface area contributed by atoms with E-state index in [0.29, 0.717) is 17.8 Å². The monoisotopic (exact) mass is 389 g/mol. The van der Waals surface area contributed by atoms with E-state index < -0.39 is 5.60 Å². The fourth-order valence-electron chi connectivity index (χ4n) is 5.54. The fraction of sp³-hybridized carbons (Fsp3) is 0.909. The van der Waals surface area contributed by atoms with Crippen molar-refractivity contribution in [1.82, 2.24) is 15.1 Å². The lowest BCUT2D eigenvalue weighted by Gasteiger charge is -2.31. The second kappa shape index (κ2) is 6.98. The van der Waals surface area contributed by atoms with E-state index in [2.05, 4.69) is 10.2 Å². The Bertz CT molecular complexity index is 623. The third-order valence-corrected chi connectivity index (χ3v) is 7.99. The minimum absolute atomic E-state index is 0.0808. The predicted octanol–water partition coefficient (Wildman–Crippen LogP) is 1.23. The molecule has 0 spiro atoms. The summed E-state index contributed by atoms with van der Waals surface area (Å²) in [4.78, 5) is 29.6. The quantitative estimate of drug-likeness (QED) is 0.687. The number of aliphatic hydroxyl groups is 1. The van der Waals surface area contributed by atoms with Crippen molar-refractivity contribution in [3.8, 4) is 0 Å². The van der Waals surface area contributed by atoms with Crippen LogP contribution in [0.4, 0.5) is 0 Å². The van der Waals surface area contributed by atoms with Crippen LogP contribution in [0.25, 0.3) is 0 Å². The van der Waals surface area contributed by atoms with Crippen molar-refractivity contribution in [2.75, 3.05) is 32.7 Å². The summed E-state index contributed by atoms with van der Waals surface area (Å²) < 4.78 is 0. The zero-order valence-electron chi connectivity index (χ0n) is 17.1. The molecule has 156 valence electrons. The highest BCUT2D eigenvalue weighted by molar-refractivity contribution is 5.80. The lowest BCUT2D eigenvalue weighted by atomic mass is 9.95. The first kappa shape index (κ1) is 18.9. The third kappa shape index (κ3) is 3.95. The largest absolute Gasteiger partial charge is 0.389 e. The van der Waals surface area contributed by atoms with Crippen LogP contribution in [0.2, 0.25) is 0 Å². The molecule has 2 saturated heterocycles. The number of hydrogen-bond donors (Lipinski definition) is 2. The molecule has 0 radical (unpaired) electrons. The number of likely N-dealkylation sites (tertiary alicyclic amines) is 2. The van der Waals surface area contributed by atoms with Gasteiger partial charge in [-0.15, -0.1) is 0 Å². The van der Waals surface area contributed by atoms with Gasteiger partial charge in [-0.25, -0.2) is 0 Å². The van der Waals surface area contributed by atoms with E-state index in [1.54, 1.807) is 6.92 Å². The topological polar surface area (TPSA) is 72.9 Å². The van der Waals surface area contributed by atoms with E-state index in [1.165, 1.54) is 19.4 Å². The maximum atomic E-state index is 12.7. The first-order valence-electron chi connectivity index (χ1n) is 11.4. The molecule has 0 aromatic rings. The Hall–Kier alpha value is -1.14. The highest BCUT2D eigenvalue weighted by Gasteiger charge is 2.58. The molecule has 3 aliphatic carbocycles. The number of hydrogen-bond acceptors (Lipinski definition) is 4. The predicted molar refractivity (Wildman–Crippen MR) is 105 cm³/mol. The normalized spacial score (nSPS) is 35.4. The van der Waals surface area contributed by atoms with Gasteiger partial charge in [-0.2, -0.15) is 0 Å². The zero-order valence-corrected chi connectivity index (χ0v) is 17.1. The molecule has 5 rings (SSSR count). The van der Waals surface area contributed by atoms with E-state index >= 15 is 0 Å². The molecule has 4 atom stereocenters. The van der Waals surface area contributed by atoms with Crippen molar-refractivity contribution in [3.05, 3.63) is 0 Å². The molecule has 2 N–H and O–H groups in total. The van der Waals surface area contributed by atoms with Gasteiger partial charge in [0.2, 0.25) is 11.8 Å². The first-order chi connectivity index (χ1) is 13.4. The first-order valence-corrected chi connectivity index (χ1v) is 11.4. The van der Waals surface area contributed by atoms with Gasteiger partial charge in [0.15, 0.2) is 0 Å². The fourth-order valence-corrected chi connectivity index (χ4v) is 5.54. The van der Waals surface area contributed by atoms with Crippen LogP contribution < -0.4 is 5.32 Å². The Morgan fingerprint density at radius 1 is 1.04 bits per heavy atom. The number of amides is 2. The van der Waals surface area contributed by atoms with Crippen LogP contribution >= 0.6 is 0 Å². The molecular formula is C22H35N3O3. The van der Waals surface area contributed by atoms with E-state index in [4.69, 9.17) is 0 Å². The molecule has 2 unspecified atom stereocenters. The molecule has 0 bridgehead atoms. The molecule has 2 amide bonds. The minimum atomic E-state index is -0.841. The summed E-state index contributed by atoms with van der Waals surface area (Å²) in [6.07, 6.45) is 7.08. The summed E-state index contributed by atoms with van der Waals surface area (Å²) in [7, 11) is 0. The molecule has 0 aromatic heterocycles. The number of nitrogens with zero attached hydrogens (tertiary/aromatic N) is 2. The van der Waals surface area contributed by atoms with Crippen LogP contribution in [0.1, 0.15) is 51.9 Å². The van der Waals surface area contributed by atoms with Crippen LogP contribution in [0.3, 0.4) is 0 Å². The van der Waals surface area contributed by atoms with Gasteiger partial charge in [-0.1, -0.05) is 0 Å². The van der Waals surface area contributed by atoms with E-state index in [9.17, 15) is 14.7 Å². The van der Waals surface area contributed by atoms with Crippen molar-refractivity contribution >= 4 is 11.8 Å². The summed E-state index contributed by atoms with van der Waals surface area (Å²) in [6.45, 7) is 6.66. The molecule has 6 heteroatoms. The number of carbonyl (C=O) groups is 2. The molecule has 5 fully saturated rings. The van der Waals surface area contributed by atoms with Crippen LogP contribution in [0, 0.1) is 29.6 Å². The van der Waals surface area contributed by atoms with E-state index in [-0.39, 0.29) is 30.2 Å². The SMILES string of the molecule is CC(O)(CC(=O)N1C[C@@H]2C(NC(=O)C3CCN(CC4CC4)CC3)[C@@H]2C1)C1CC1. The molecule has 6 nitrogen and oxygen atoms in total. The molecule has 3 saturated carbocycles.